The molecule has 1 aromatic carbocycles. The van der Waals surface area contributed by atoms with Crippen molar-refractivity contribution in [3.05, 3.63) is 17.7 Å². The lowest BCUT2D eigenvalue weighted by atomic mass is 9.92. The van der Waals surface area contributed by atoms with E-state index in [4.69, 9.17) is 14.2 Å². The number of benzene rings is 1. The second-order valence-electron chi connectivity index (χ2n) is 5.37. The van der Waals surface area contributed by atoms with Gasteiger partial charge in [-0.1, -0.05) is 12.8 Å². The first-order valence-corrected chi connectivity index (χ1v) is 7.40. The van der Waals surface area contributed by atoms with Crippen LogP contribution in [0, 0.1) is 0 Å². The van der Waals surface area contributed by atoms with Crippen LogP contribution in [0.4, 0.5) is 0 Å². The Labute approximate surface area is 126 Å². The molecule has 0 heterocycles. The van der Waals surface area contributed by atoms with Gasteiger partial charge in [0.2, 0.25) is 5.75 Å². The van der Waals surface area contributed by atoms with Gasteiger partial charge in [-0.2, -0.15) is 0 Å². The van der Waals surface area contributed by atoms with Crippen molar-refractivity contribution in [3.63, 3.8) is 0 Å². The molecule has 5 heteroatoms. The van der Waals surface area contributed by atoms with Crippen LogP contribution in [0.3, 0.4) is 0 Å². The molecule has 118 valence electrons. The second-order valence-corrected chi connectivity index (χ2v) is 5.37. The summed E-state index contributed by atoms with van der Waals surface area (Å²) >= 11 is 0. The molecule has 1 aliphatic rings. The fraction of sp³-hybridized carbons (Fsp3) is 0.625. The highest BCUT2D eigenvalue weighted by molar-refractivity contribution is 5.53. The molecule has 0 saturated heterocycles. The Morgan fingerprint density at radius 3 is 2.19 bits per heavy atom. The average Bonchev–Trinajstić information content (AvgIpc) is 2.52. The van der Waals surface area contributed by atoms with Gasteiger partial charge >= 0.3 is 0 Å². The molecule has 2 N–H and O–H groups in total. The van der Waals surface area contributed by atoms with Crippen LogP contribution in [0.2, 0.25) is 0 Å². The summed E-state index contributed by atoms with van der Waals surface area (Å²) in [7, 11) is 4.81. The monoisotopic (exact) mass is 295 g/mol. The van der Waals surface area contributed by atoms with Gasteiger partial charge in [0.1, 0.15) is 0 Å². The lowest BCUT2D eigenvalue weighted by Crippen LogP contribution is -2.41. The molecule has 0 aromatic heterocycles. The first kappa shape index (κ1) is 15.9. The molecule has 0 amide bonds. The third-order valence-electron chi connectivity index (χ3n) is 4.02. The maximum absolute atomic E-state index is 10.00. The highest BCUT2D eigenvalue weighted by Crippen LogP contribution is 2.38. The lowest BCUT2D eigenvalue weighted by molar-refractivity contribution is 0.0902. The highest BCUT2D eigenvalue weighted by Gasteiger charge is 2.22. The number of hydrogen-bond donors (Lipinski definition) is 2. The van der Waals surface area contributed by atoms with E-state index in [1.807, 2.05) is 12.1 Å². The predicted molar refractivity (Wildman–Crippen MR) is 81.2 cm³/mol. The molecule has 5 nitrogen and oxygen atoms in total. The third kappa shape index (κ3) is 3.80. The fourth-order valence-electron chi connectivity index (χ4n) is 2.84. The van der Waals surface area contributed by atoms with E-state index < -0.39 is 0 Å². The average molecular weight is 295 g/mol. The van der Waals surface area contributed by atoms with Crippen molar-refractivity contribution >= 4 is 0 Å². The molecule has 1 saturated carbocycles. The summed E-state index contributed by atoms with van der Waals surface area (Å²) in [4.78, 5) is 0. The standard InChI is InChI=1S/C16H25NO4/c1-19-14-8-11(9-15(20-2)16(14)21-3)10-17-12-6-4-5-7-13(12)18/h8-9,12-13,17-18H,4-7,10H2,1-3H3/t12-,13-/m1/s1. The summed E-state index contributed by atoms with van der Waals surface area (Å²) in [6, 6.07) is 4.03. The zero-order chi connectivity index (χ0) is 15.2. The molecule has 2 rings (SSSR count). The van der Waals surface area contributed by atoms with Crippen LogP contribution in [0.1, 0.15) is 31.2 Å². The van der Waals surface area contributed by atoms with E-state index in [2.05, 4.69) is 5.32 Å². The van der Waals surface area contributed by atoms with Gasteiger partial charge in [0.25, 0.3) is 0 Å². The zero-order valence-electron chi connectivity index (χ0n) is 13.0. The molecular formula is C16H25NO4. The van der Waals surface area contributed by atoms with Gasteiger partial charge in [-0.05, 0) is 30.5 Å². The van der Waals surface area contributed by atoms with E-state index in [9.17, 15) is 5.11 Å². The van der Waals surface area contributed by atoms with Gasteiger partial charge < -0.3 is 24.6 Å². The Morgan fingerprint density at radius 2 is 1.67 bits per heavy atom. The number of methoxy groups -OCH3 is 3. The van der Waals surface area contributed by atoms with Crippen molar-refractivity contribution in [2.24, 2.45) is 0 Å². The van der Waals surface area contributed by atoms with Gasteiger partial charge in [-0.15, -0.1) is 0 Å². The lowest BCUT2D eigenvalue weighted by Gasteiger charge is -2.28. The molecule has 0 unspecified atom stereocenters. The first-order valence-electron chi connectivity index (χ1n) is 7.40. The summed E-state index contributed by atoms with van der Waals surface area (Å²) in [5, 5.41) is 13.4. The number of aliphatic hydroxyl groups is 1. The van der Waals surface area contributed by atoms with Crippen molar-refractivity contribution in [1.29, 1.82) is 0 Å². The third-order valence-corrected chi connectivity index (χ3v) is 4.02. The Hall–Kier alpha value is -1.46. The smallest absolute Gasteiger partial charge is 0.203 e. The number of ether oxygens (including phenoxy) is 3. The minimum atomic E-state index is -0.249. The molecule has 0 spiro atoms. The fourth-order valence-corrected chi connectivity index (χ4v) is 2.84. The van der Waals surface area contributed by atoms with E-state index in [-0.39, 0.29) is 12.1 Å². The van der Waals surface area contributed by atoms with Gasteiger partial charge in [0.15, 0.2) is 11.5 Å². The quantitative estimate of drug-likeness (QED) is 0.841. The first-order chi connectivity index (χ1) is 10.2. The van der Waals surface area contributed by atoms with Crippen LogP contribution in [0.5, 0.6) is 17.2 Å². The van der Waals surface area contributed by atoms with E-state index >= 15 is 0 Å². The molecule has 0 radical (unpaired) electrons. The molecule has 1 aromatic rings. The Balaban J connectivity index is 2.09. The number of nitrogens with one attached hydrogen (secondary N) is 1. The van der Waals surface area contributed by atoms with E-state index in [1.165, 1.54) is 6.42 Å². The topological polar surface area (TPSA) is 60.0 Å². The summed E-state index contributed by atoms with van der Waals surface area (Å²) < 4.78 is 16.0. The Bertz CT molecular complexity index is 439. The number of hydrogen-bond acceptors (Lipinski definition) is 5. The maximum atomic E-state index is 10.00. The van der Waals surface area contributed by atoms with Crippen molar-refractivity contribution in [2.75, 3.05) is 21.3 Å². The van der Waals surface area contributed by atoms with Crippen LogP contribution < -0.4 is 19.5 Å². The zero-order valence-corrected chi connectivity index (χ0v) is 13.0. The normalized spacial score (nSPS) is 21.9. The van der Waals surface area contributed by atoms with E-state index in [0.29, 0.717) is 23.8 Å². The second kappa shape index (κ2) is 7.52. The van der Waals surface area contributed by atoms with Crippen LogP contribution in [-0.2, 0) is 6.54 Å². The van der Waals surface area contributed by atoms with Gasteiger partial charge in [0, 0.05) is 12.6 Å². The van der Waals surface area contributed by atoms with E-state index in [0.717, 1.165) is 24.8 Å². The minimum Gasteiger partial charge on any atom is -0.493 e. The van der Waals surface area contributed by atoms with Crippen molar-refractivity contribution in [1.82, 2.24) is 5.32 Å². The summed E-state index contributed by atoms with van der Waals surface area (Å²) in [5.41, 5.74) is 1.04. The van der Waals surface area contributed by atoms with Gasteiger partial charge in [-0.25, -0.2) is 0 Å². The molecular weight excluding hydrogens is 270 g/mol. The Kier molecular flexibility index (Phi) is 5.70. The van der Waals surface area contributed by atoms with Crippen LogP contribution >= 0.6 is 0 Å². The molecule has 21 heavy (non-hydrogen) atoms. The minimum absolute atomic E-state index is 0.165. The molecule has 1 aliphatic carbocycles. The number of aliphatic hydroxyl groups excluding tert-OH is 1. The van der Waals surface area contributed by atoms with E-state index in [1.54, 1.807) is 21.3 Å². The predicted octanol–water partition coefficient (Wildman–Crippen LogP) is 2.11. The Morgan fingerprint density at radius 1 is 1.05 bits per heavy atom. The summed E-state index contributed by atoms with van der Waals surface area (Å²) in [5.74, 6) is 1.90. The van der Waals surface area contributed by atoms with Crippen molar-refractivity contribution in [3.8, 4) is 17.2 Å². The summed E-state index contributed by atoms with van der Waals surface area (Å²) in [6.45, 7) is 0.665. The summed E-state index contributed by atoms with van der Waals surface area (Å²) in [6.07, 6.45) is 3.94. The van der Waals surface area contributed by atoms with Crippen LogP contribution in [-0.4, -0.2) is 38.6 Å². The van der Waals surface area contributed by atoms with Crippen LogP contribution in [0.25, 0.3) is 0 Å². The molecule has 0 bridgehead atoms. The van der Waals surface area contributed by atoms with Gasteiger partial charge in [0.05, 0.1) is 27.4 Å². The molecule has 2 atom stereocenters. The maximum Gasteiger partial charge on any atom is 0.203 e. The van der Waals surface area contributed by atoms with Crippen LogP contribution in [0.15, 0.2) is 12.1 Å². The van der Waals surface area contributed by atoms with Crippen molar-refractivity contribution < 1.29 is 19.3 Å². The number of rotatable bonds is 6. The van der Waals surface area contributed by atoms with Gasteiger partial charge in [-0.3, -0.25) is 0 Å². The van der Waals surface area contributed by atoms with Crippen molar-refractivity contribution in [2.45, 2.75) is 44.4 Å². The largest absolute Gasteiger partial charge is 0.493 e. The SMILES string of the molecule is COc1cc(CN[C@@H]2CCCC[C@H]2O)cc(OC)c1OC. The highest BCUT2D eigenvalue weighted by atomic mass is 16.5. The molecule has 0 aliphatic heterocycles. The molecule has 1 fully saturated rings.